The Balaban J connectivity index is 2.70. The van der Waals surface area contributed by atoms with E-state index in [-0.39, 0.29) is 0 Å². The first-order valence-corrected chi connectivity index (χ1v) is 6.68. The molecular weight excluding hydrogens is 272 g/mol. The summed E-state index contributed by atoms with van der Waals surface area (Å²) in [5, 5.41) is 6.40. The fourth-order valence-electron chi connectivity index (χ4n) is 1.64. The summed E-state index contributed by atoms with van der Waals surface area (Å²) in [6.45, 7) is 5.61. The second-order valence-corrected chi connectivity index (χ2v) is 4.67. The number of para-hydroxylation sites is 2. The third-order valence-corrected chi connectivity index (χ3v) is 3.50. The summed E-state index contributed by atoms with van der Waals surface area (Å²) in [6.07, 6.45) is 0.0319. The molecule has 1 rings (SSSR count). The molecule has 0 saturated carbocycles. The maximum Gasteiger partial charge on any atom is 0.437 e. The third-order valence-electron chi connectivity index (χ3n) is 3.50. The van der Waals surface area contributed by atoms with E-state index in [2.05, 4.69) is 10.5 Å². The van der Waals surface area contributed by atoms with E-state index in [9.17, 15) is 4.79 Å². The minimum atomic E-state index is -0.687. The van der Waals surface area contributed by atoms with Crippen molar-refractivity contribution in [2.45, 2.75) is 32.8 Å². The number of nitrogens with one attached hydrogen (secondary N) is 1. The lowest BCUT2D eigenvalue weighted by Gasteiger charge is -2.25. The highest BCUT2D eigenvalue weighted by Crippen LogP contribution is 2.23. The van der Waals surface area contributed by atoms with Gasteiger partial charge in [-0.25, -0.2) is 4.79 Å². The second-order valence-electron chi connectivity index (χ2n) is 4.67. The summed E-state index contributed by atoms with van der Waals surface area (Å²) < 4.78 is 10.5. The molecule has 116 valence electrons. The summed E-state index contributed by atoms with van der Waals surface area (Å²) in [5.74, 6) is 0.547. The fourth-order valence-corrected chi connectivity index (χ4v) is 1.64. The molecule has 6 heteroatoms. The molecule has 0 saturated heterocycles. The quantitative estimate of drug-likeness (QED) is 0.496. The smallest absolute Gasteiger partial charge is 0.437 e. The standard InChI is InChI=1S/C15H22N2O4/c1-6-15(3,20-5)11(2)17-21-14(18)16-12-9-7-8-10-13(12)19-4/h7-10H,6H2,1-5H3,(H,16,18)/b17-11+. The van der Waals surface area contributed by atoms with Crippen LogP contribution in [0.25, 0.3) is 0 Å². The van der Waals surface area contributed by atoms with Crippen LogP contribution in [-0.4, -0.2) is 31.6 Å². The van der Waals surface area contributed by atoms with Crippen molar-refractivity contribution in [2.24, 2.45) is 5.16 Å². The molecule has 0 spiro atoms. The second kappa shape index (κ2) is 7.64. The molecule has 0 aliphatic heterocycles. The third kappa shape index (κ3) is 4.46. The fraction of sp³-hybridized carbons (Fsp3) is 0.467. The Morgan fingerprint density at radius 3 is 2.57 bits per heavy atom. The van der Waals surface area contributed by atoms with Crippen molar-refractivity contribution in [3.8, 4) is 5.75 Å². The van der Waals surface area contributed by atoms with E-state index in [1.807, 2.05) is 19.9 Å². The van der Waals surface area contributed by atoms with Crippen molar-refractivity contribution in [3.63, 3.8) is 0 Å². The molecule has 0 aliphatic carbocycles. The molecule has 0 bridgehead atoms. The molecule has 0 radical (unpaired) electrons. The lowest BCUT2D eigenvalue weighted by Crippen LogP contribution is -2.35. The van der Waals surface area contributed by atoms with Crippen molar-refractivity contribution >= 4 is 17.5 Å². The van der Waals surface area contributed by atoms with Gasteiger partial charge in [0, 0.05) is 7.11 Å². The van der Waals surface area contributed by atoms with Gasteiger partial charge in [0.25, 0.3) is 0 Å². The van der Waals surface area contributed by atoms with Crippen molar-refractivity contribution in [3.05, 3.63) is 24.3 Å². The normalized spacial score (nSPS) is 14.2. The number of rotatable bonds is 6. The summed E-state index contributed by atoms with van der Waals surface area (Å²) in [6, 6.07) is 7.04. The van der Waals surface area contributed by atoms with Crippen LogP contribution in [0.15, 0.2) is 29.4 Å². The number of hydrogen-bond acceptors (Lipinski definition) is 5. The monoisotopic (exact) mass is 294 g/mol. The number of oxime groups is 1. The van der Waals surface area contributed by atoms with Gasteiger partial charge in [0.2, 0.25) is 0 Å². The van der Waals surface area contributed by atoms with Crippen LogP contribution < -0.4 is 10.1 Å². The topological polar surface area (TPSA) is 69.2 Å². The number of carbonyl (C=O) groups excluding carboxylic acids is 1. The Morgan fingerprint density at radius 2 is 2.00 bits per heavy atom. The lowest BCUT2D eigenvalue weighted by molar-refractivity contribution is 0.0587. The van der Waals surface area contributed by atoms with Crippen LogP contribution in [0, 0.1) is 0 Å². The van der Waals surface area contributed by atoms with E-state index in [0.29, 0.717) is 17.1 Å². The Labute approximate surface area is 125 Å². The minimum absolute atomic E-state index is 0.517. The highest BCUT2D eigenvalue weighted by molar-refractivity contribution is 5.91. The Bertz CT molecular complexity index is 510. The van der Waals surface area contributed by atoms with E-state index < -0.39 is 11.7 Å². The Morgan fingerprint density at radius 1 is 1.33 bits per heavy atom. The number of anilines is 1. The molecule has 0 aliphatic rings. The summed E-state index contributed by atoms with van der Waals surface area (Å²) in [5.41, 5.74) is 0.551. The zero-order valence-electron chi connectivity index (χ0n) is 13.1. The first-order valence-electron chi connectivity index (χ1n) is 6.68. The molecule has 0 aromatic heterocycles. The van der Waals surface area contributed by atoms with Gasteiger partial charge >= 0.3 is 6.09 Å². The highest BCUT2D eigenvalue weighted by atomic mass is 16.7. The Hall–Kier alpha value is -2.08. The van der Waals surface area contributed by atoms with Crippen molar-refractivity contribution in [1.29, 1.82) is 0 Å². The van der Waals surface area contributed by atoms with E-state index in [1.165, 1.54) is 7.11 Å². The molecule has 1 atom stereocenters. The van der Waals surface area contributed by atoms with Crippen LogP contribution in [0.1, 0.15) is 27.2 Å². The molecule has 1 N–H and O–H groups in total. The molecule has 6 nitrogen and oxygen atoms in total. The molecule has 21 heavy (non-hydrogen) atoms. The lowest BCUT2D eigenvalue weighted by atomic mass is 9.98. The van der Waals surface area contributed by atoms with Gasteiger partial charge < -0.3 is 9.47 Å². The zero-order chi connectivity index (χ0) is 15.9. The number of nitrogens with zero attached hydrogens (tertiary/aromatic N) is 1. The molecular formula is C15H22N2O4. The van der Waals surface area contributed by atoms with Gasteiger partial charge in [0.15, 0.2) is 0 Å². The molecule has 0 fully saturated rings. The maximum atomic E-state index is 11.8. The minimum Gasteiger partial charge on any atom is -0.495 e. The maximum absolute atomic E-state index is 11.8. The van der Waals surface area contributed by atoms with E-state index in [0.717, 1.165) is 6.42 Å². The first kappa shape index (κ1) is 17.0. The van der Waals surface area contributed by atoms with Crippen LogP contribution in [0.5, 0.6) is 5.75 Å². The number of hydrogen-bond donors (Lipinski definition) is 1. The highest BCUT2D eigenvalue weighted by Gasteiger charge is 2.26. The number of carbonyl (C=O) groups is 1. The molecule has 1 amide bonds. The Kier molecular flexibility index (Phi) is 6.17. The number of benzene rings is 1. The van der Waals surface area contributed by atoms with Crippen molar-refractivity contribution in [1.82, 2.24) is 0 Å². The largest absolute Gasteiger partial charge is 0.495 e. The van der Waals surface area contributed by atoms with Crippen LogP contribution in [-0.2, 0) is 9.57 Å². The zero-order valence-corrected chi connectivity index (χ0v) is 13.1. The summed E-state index contributed by atoms with van der Waals surface area (Å²) in [7, 11) is 3.12. The predicted octanol–water partition coefficient (Wildman–Crippen LogP) is 3.43. The number of ether oxygens (including phenoxy) is 2. The van der Waals surface area contributed by atoms with Gasteiger partial charge in [-0.3, -0.25) is 10.2 Å². The van der Waals surface area contributed by atoms with E-state index in [4.69, 9.17) is 14.3 Å². The van der Waals surface area contributed by atoms with Crippen LogP contribution in [0.2, 0.25) is 0 Å². The average molecular weight is 294 g/mol. The van der Waals surface area contributed by atoms with Gasteiger partial charge in [-0.05, 0) is 32.4 Å². The van der Waals surface area contributed by atoms with Gasteiger partial charge in [-0.15, -0.1) is 0 Å². The van der Waals surface area contributed by atoms with Crippen molar-refractivity contribution < 1.29 is 19.1 Å². The van der Waals surface area contributed by atoms with Crippen LogP contribution in [0.3, 0.4) is 0 Å². The number of methoxy groups -OCH3 is 2. The molecule has 1 unspecified atom stereocenters. The SMILES string of the molecule is CCC(C)(OC)/C(C)=N/OC(=O)Nc1ccccc1OC. The number of amides is 1. The summed E-state index contributed by atoms with van der Waals surface area (Å²) >= 11 is 0. The first-order chi connectivity index (χ1) is 9.96. The van der Waals surface area contributed by atoms with Gasteiger partial charge in [-0.1, -0.05) is 24.2 Å². The van der Waals surface area contributed by atoms with Gasteiger partial charge in [-0.2, -0.15) is 0 Å². The van der Waals surface area contributed by atoms with Gasteiger partial charge in [0.05, 0.1) is 18.5 Å². The van der Waals surface area contributed by atoms with Crippen LogP contribution in [0.4, 0.5) is 10.5 Å². The van der Waals surface area contributed by atoms with Crippen LogP contribution >= 0.6 is 0 Å². The van der Waals surface area contributed by atoms with E-state index in [1.54, 1.807) is 32.2 Å². The molecule has 1 aromatic rings. The van der Waals surface area contributed by atoms with E-state index >= 15 is 0 Å². The van der Waals surface area contributed by atoms with Gasteiger partial charge in [0.1, 0.15) is 11.4 Å². The predicted molar refractivity (Wildman–Crippen MR) is 81.9 cm³/mol. The molecule has 0 heterocycles. The van der Waals surface area contributed by atoms with Crippen molar-refractivity contribution in [2.75, 3.05) is 19.5 Å². The molecule has 1 aromatic carbocycles. The summed E-state index contributed by atoms with van der Waals surface area (Å²) in [4.78, 5) is 16.6. The average Bonchev–Trinajstić information content (AvgIpc) is 2.52.